The first-order valence-corrected chi connectivity index (χ1v) is 7.08. The Bertz CT molecular complexity index is 437. The molecule has 1 aromatic carbocycles. The predicted molar refractivity (Wildman–Crippen MR) is 84.5 cm³/mol. The minimum atomic E-state index is 0. The van der Waals surface area contributed by atoms with Crippen LogP contribution < -0.4 is 4.74 Å². The number of hydrogen-bond donors (Lipinski definition) is 0. The smallest absolute Gasteiger partial charge is 0.119 e. The number of likely N-dealkylation sites (tertiary alicyclic amines) is 1. The van der Waals surface area contributed by atoms with Crippen LogP contribution in [0.4, 0.5) is 0 Å². The van der Waals surface area contributed by atoms with Crippen molar-refractivity contribution in [2.45, 2.75) is 43.6 Å². The summed E-state index contributed by atoms with van der Waals surface area (Å²) in [4.78, 5) is 2.56. The van der Waals surface area contributed by atoms with Crippen molar-refractivity contribution in [1.82, 2.24) is 4.90 Å². The highest BCUT2D eigenvalue weighted by Crippen LogP contribution is 2.48. The summed E-state index contributed by atoms with van der Waals surface area (Å²) >= 11 is 0. The van der Waals surface area contributed by atoms with Crippen LogP contribution >= 0.6 is 17.0 Å². The third-order valence-corrected chi connectivity index (χ3v) is 5.05. The van der Waals surface area contributed by atoms with E-state index in [9.17, 15) is 0 Å². The number of methoxy groups -OCH3 is 1. The predicted octanol–water partition coefficient (Wildman–Crippen LogP) is 3.79. The van der Waals surface area contributed by atoms with Crippen molar-refractivity contribution < 1.29 is 4.74 Å². The Morgan fingerprint density at radius 3 is 2.95 bits per heavy atom. The first-order valence-electron chi connectivity index (χ1n) is 7.08. The molecule has 1 aliphatic carbocycles. The zero-order chi connectivity index (χ0) is 12.6. The van der Waals surface area contributed by atoms with Gasteiger partial charge in [0.1, 0.15) is 5.75 Å². The monoisotopic (exact) mass is 325 g/mol. The SMILES string of the molecule is Br.COc1cccc(C23CCCN(C)C(CC2)C3)c1. The van der Waals surface area contributed by atoms with Gasteiger partial charge in [-0.2, -0.15) is 0 Å². The normalized spacial score (nSPS) is 30.5. The van der Waals surface area contributed by atoms with Crippen molar-refractivity contribution in [2.24, 2.45) is 0 Å². The van der Waals surface area contributed by atoms with Crippen LogP contribution in [0.1, 0.15) is 37.7 Å². The third kappa shape index (κ3) is 2.68. The van der Waals surface area contributed by atoms with Gasteiger partial charge in [-0.15, -0.1) is 17.0 Å². The molecule has 106 valence electrons. The van der Waals surface area contributed by atoms with E-state index in [0.717, 1.165) is 11.8 Å². The summed E-state index contributed by atoms with van der Waals surface area (Å²) < 4.78 is 5.39. The second kappa shape index (κ2) is 5.84. The Morgan fingerprint density at radius 1 is 1.32 bits per heavy atom. The fourth-order valence-corrected chi connectivity index (χ4v) is 3.91. The molecule has 0 amide bonds. The molecule has 0 aromatic heterocycles. The van der Waals surface area contributed by atoms with Crippen LogP contribution in [0.2, 0.25) is 0 Å². The molecule has 3 rings (SSSR count). The molecule has 1 saturated heterocycles. The summed E-state index contributed by atoms with van der Waals surface area (Å²) in [5, 5.41) is 0. The molecule has 2 fully saturated rings. The minimum absolute atomic E-state index is 0. The van der Waals surface area contributed by atoms with Crippen molar-refractivity contribution >= 4 is 17.0 Å². The maximum Gasteiger partial charge on any atom is 0.119 e. The standard InChI is InChI=1S/C16H23NO.BrH/c1-17-10-4-8-16(9-7-14(17)12-16)13-5-3-6-15(11-13)18-2;/h3,5-6,11,14H,4,7-10,12H2,1-2H3;1H. The number of hydrogen-bond acceptors (Lipinski definition) is 2. The number of rotatable bonds is 2. The lowest BCUT2D eigenvalue weighted by Gasteiger charge is -2.29. The topological polar surface area (TPSA) is 12.5 Å². The van der Waals surface area contributed by atoms with Gasteiger partial charge in [0.05, 0.1) is 7.11 Å². The van der Waals surface area contributed by atoms with E-state index in [0.29, 0.717) is 5.41 Å². The Kier molecular flexibility index (Phi) is 4.57. The van der Waals surface area contributed by atoms with Gasteiger partial charge in [0.15, 0.2) is 0 Å². The van der Waals surface area contributed by atoms with Gasteiger partial charge in [-0.1, -0.05) is 12.1 Å². The zero-order valence-corrected chi connectivity index (χ0v) is 13.6. The van der Waals surface area contributed by atoms with E-state index in [1.807, 2.05) is 0 Å². The molecule has 1 aliphatic heterocycles. The van der Waals surface area contributed by atoms with Gasteiger partial charge in [-0.05, 0) is 68.8 Å². The molecule has 2 nitrogen and oxygen atoms in total. The van der Waals surface area contributed by atoms with Crippen LogP contribution in [-0.2, 0) is 5.41 Å². The molecule has 1 saturated carbocycles. The Hall–Kier alpha value is -0.540. The Labute approximate surface area is 126 Å². The summed E-state index contributed by atoms with van der Waals surface area (Å²) in [6.07, 6.45) is 6.69. The van der Waals surface area contributed by atoms with E-state index in [2.05, 4.69) is 36.2 Å². The molecule has 2 atom stereocenters. The van der Waals surface area contributed by atoms with Crippen molar-refractivity contribution in [3.8, 4) is 5.75 Å². The second-order valence-corrected chi connectivity index (χ2v) is 5.99. The van der Waals surface area contributed by atoms with Gasteiger partial charge in [0, 0.05) is 6.04 Å². The summed E-state index contributed by atoms with van der Waals surface area (Å²) in [6, 6.07) is 9.54. The lowest BCUT2D eigenvalue weighted by Crippen LogP contribution is -2.29. The summed E-state index contributed by atoms with van der Waals surface area (Å²) in [7, 11) is 4.05. The molecule has 0 spiro atoms. The average Bonchev–Trinajstić information content (AvgIpc) is 2.76. The van der Waals surface area contributed by atoms with Crippen LogP contribution in [0.5, 0.6) is 5.75 Å². The van der Waals surface area contributed by atoms with Crippen LogP contribution in [0.3, 0.4) is 0 Å². The van der Waals surface area contributed by atoms with E-state index in [4.69, 9.17) is 4.74 Å². The van der Waals surface area contributed by atoms with Gasteiger partial charge in [0.25, 0.3) is 0 Å². The first-order chi connectivity index (χ1) is 8.73. The van der Waals surface area contributed by atoms with Gasteiger partial charge in [-0.25, -0.2) is 0 Å². The van der Waals surface area contributed by atoms with E-state index in [-0.39, 0.29) is 17.0 Å². The lowest BCUT2D eigenvalue weighted by molar-refractivity contribution is 0.252. The highest BCUT2D eigenvalue weighted by atomic mass is 79.9. The lowest BCUT2D eigenvalue weighted by atomic mass is 9.75. The molecule has 0 N–H and O–H groups in total. The second-order valence-electron chi connectivity index (χ2n) is 5.99. The average molecular weight is 326 g/mol. The maximum atomic E-state index is 5.39. The number of benzene rings is 1. The summed E-state index contributed by atoms with van der Waals surface area (Å²) in [5.74, 6) is 1.00. The van der Waals surface area contributed by atoms with E-state index >= 15 is 0 Å². The van der Waals surface area contributed by atoms with Crippen LogP contribution in [-0.4, -0.2) is 31.6 Å². The van der Waals surface area contributed by atoms with Gasteiger partial charge in [-0.3, -0.25) is 0 Å². The molecule has 19 heavy (non-hydrogen) atoms. The number of nitrogens with zero attached hydrogens (tertiary/aromatic N) is 1. The first kappa shape index (κ1) is 14.9. The van der Waals surface area contributed by atoms with Gasteiger partial charge < -0.3 is 9.64 Å². The zero-order valence-electron chi connectivity index (χ0n) is 11.9. The fourth-order valence-electron chi connectivity index (χ4n) is 3.91. The number of fused-ring (bicyclic) bond motifs is 2. The van der Waals surface area contributed by atoms with Crippen LogP contribution in [0.25, 0.3) is 0 Å². The van der Waals surface area contributed by atoms with E-state index in [1.54, 1.807) is 7.11 Å². The largest absolute Gasteiger partial charge is 0.497 e. The Balaban J connectivity index is 0.00000133. The molecule has 2 unspecified atom stereocenters. The van der Waals surface area contributed by atoms with Crippen molar-refractivity contribution in [1.29, 1.82) is 0 Å². The number of ether oxygens (including phenoxy) is 1. The van der Waals surface area contributed by atoms with Crippen LogP contribution in [0, 0.1) is 0 Å². The van der Waals surface area contributed by atoms with Crippen LogP contribution in [0.15, 0.2) is 24.3 Å². The third-order valence-electron chi connectivity index (χ3n) is 5.05. The molecule has 2 bridgehead atoms. The van der Waals surface area contributed by atoms with Crippen molar-refractivity contribution in [3.05, 3.63) is 29.8 Å². The maximum absolute atomic E-state index is 5.39. The van der Waals surface area contributed by atoms with E-state index < -0.39 is 0 Å². The van der Waals surface area contributed by atoms with Gasteiger partial charge >= 0.3 is 0 Å². The molecule has 3 heteroatoms. The van der Waals surface area contributed by atoms with Crippen molar-refractivity contribution in [2.75, 3.05) is 20.7 Å². The summed E-state index contributed by atoms with van der Waals surface area (Å²) in [5.41, 5.74) is 1.92. The molecule has 2 aliphatic rings. The molecular formula is C16H24BrNO. The number of halogens is 1. The Morgan fingerprint density at radius 2 is 2.16 bits per heavy atom. The fraction of sp³-hybridized carbons (Fsp3) is 0.625. The van der Waals surface area contributed by atoms with Crippen molar-refractivity contribution in [3.63, 3.8) is 0 Å². The summed E-state index contributed by atoms with van der Waals surface area (Å²) in [6.45, 7) is 1.26. The minimum Gasteiger partial charge on any atom is -0.497 e. The molecule has 0 radical (unpaired) electrons. The highest BCUT2D eigenvalue weighted by molar-refractivity contribution is 8.93. The molecule has 1 aromatic rings. The van der Waals surface area contributed by atoms with Gasteiger partial charge in [0.2, 0.25) is 0 Å². The molecule has 1 heterocycles. The van der Waals surface area contributed by atoms with E-state index in [1.165, 1.54) is 44.2 Å². The molecular weight excluding hydrogens is 302 g/mol. The highest BCUT2D eigenvalue weighted by Gasteiger charge is 2.43. The quantitative estimate of drug-likeness (QED) is 0.820.